The SMILES string of the molecule is O=C(Nc1cccc(F)n1)C1CC1. The highest BCUT2D eigenvalue weighted by Crippen LogP contribution is 2.29. The van der Waals surface area contributed by atoms with Crippen LogP contribution in [-0.2, 0) is 4.79 Å². The molecule has 1 saturated carbocycles. The first-order valence-corrected chi connectivity index (χ1v) is 4.19. The van der Waals surface area contributed by atoms with E-state index in [0.717, 1.165) is 12.8 Å². The van der Waals surface area contributed by atoms with Crippen molar-refractivity contribution < 1.29 is 9.18 Å². The first kappa shape index (κ1) is 8.16. The average molecular weight is 180 g/mol. The Morgan fingerprint density at radius 1 is 1.54 bits per heavy atom. The van der Waals surface area contributed by atoms with Crippen molar-refractivity contribution in [3.05, 3.63) is 24.1 Å². The highest BCUT2D eigenvalue weighted by atomic mass is 19.1. The fourth-order valence-electron chi connectivity index (χ4n) is 1.05. The van der Waals surface area contributed by atoms with E-state index in [1.165, 1.54) is 12.1 Å². The van der Waals surface area contributed by atoms with Gasteiger partial charge in [-0.3, -0.25) is 4.79 Å². The van der Waals surface area contributed by atoms with E-state index in [4.69, 9.17) is 0 Å². The van der Waals surface area contributed by atoms with Crippen molar-refractivity contribution in [2.45, 2.75) is 12.8 Å². The van der Waals surface area contributed by atoms with Gasteiger partial charge >= 0.3 is 0 Å². The standard InChI is InChI=1S/C9H9FN2O/c10-7-2-1-3-8(11-7)12-9(13)6-4-5-6/h1-3,6H,4-5H2,(H,11,12,13). The van der Waals surface area contributed by atoms with E-state index in [1.54, 1.807) is 6.07 Å². The third-order valence-electron chi connectivity index (χ3n) is 1.91. The molecule has 1 aromatic heterocycles. The summed E-state index contributed by atoms with van der Waals surface area (Å²) in [6, 6.07) is 4.33. The Balaban J connectivity index is 2.04. The fourth-order valence-corrected chi connectivity index (χ4v) is 1.05. The molecule has 0 atom stereocenters. The third-order valence-corrected chi connectivity index (χ3v) is 1.91. The minimum absolute atomic E-state index is 0.0573. The summed E-state index contributed by atoms with van der Waals surface area (Å²) in [6.07, 6.45) is 1.86. The zero-order valence-electron chi connectivity index (χ0n) is 6.96. The summed E-state index contributed by atoms with van der Waals surface area (Å²) in [4.78, 5) is 14.7. The summed E-state index contributed by atoms with van der Waals surface area (Å²) in [6.45, 7) is 0. The van der Waals surface area contributed by atoms with Crippen LogP contribution in [0.1, 0.15) is 12.8 Å². The molecule has 4 heteroatoms. The van der Waals surface area contributed by atoms with Gasteiger partial charge in [0, 0.05) is 5.92 Å². The van der Waals surface area contributed by atoms with Crippen LogP contribution in [0.15, 0.2) is 18.2 Å². The molecule has 2 rings (SSSR count). The number of aromatic nitrogens is 1. The summed E-state index contributed by atoms with van der Waals surface area (Å²) in [7, 11) is 0. The number of carbonyl (C=O) groups is 1. The molecule has 1 aliphatic rings. The average Bonchev–Trinajstić information content (AvgIpc) is 2.85. The van der Waals surface area contributed by atoms with Crippen LogP contribution in [-0.4, -0.2) is 10.9 Å². The lowest BCUT2D eigenvalue weighted by Crippen LogP contribution is -2.14. The molecule has 13 heavy (non-hydrogen) atoms. The second-order valence-corrected chi connectivity index (χ2v) is 3.11. The number of amides is 1. The van der Waals surface area contributed by atoms with Gasteiger partial charge in [0.15, 0.2) is 0 Å². The molecule has 1 amide bonds. The lowest BCUT2D eigenvalue weighted by Gasteiger charge is -2.01. The predicted molar refractivity (Wildman–Crippen MR) is 45.5 cm³/mol. The number of nitrogens with zero attached hydrogens (tertiary/aromatic N) is 1. The topological polar surface area (TPSA) is 42.0 Å². The van der Waals surface area contributed by atoms with Crippen LogP contribution >= 0.6 is 0 Å². The molecule has 0 spiro atoms. The largest absolute Gasteiger partial charge is 0.310 e. The Bertz CT molecular complexity index is 336. The smallest absolute Gasteiger partial charge is 0.228 e. The minimum atomic E-state index is -0.575. The molecule has 0 unspecified atom stereocenters. The van der Waals surface area contributed by atoms with E-state index in [2.05, 4.69) is 10.3 Å². The van der Waals surface area contributed by atoms with Gasteiger partial charge in [-0.25, -0.2) is 4.98 Å². The first-order valence-electron chi connectivity index (χ1n) is 4.19. The zero-order chi connectivity index (χ0) is 9.26. The minimum Gasteiger partial charge on any atom is -0.310 e. The van der Waals surface area contributed by atoms with Gasteiger partial charge in [0.25, 0.3) is 0 Å². The van der Waals surface area contributed by atoms with Gasteiger partial charge in [-0.2, -0.15) is 4.39 Å². The monoisotopic (exact) mass is 180 g/mol. The van der Waals surface area contributed by atoms with Crippen molar-refractivity contribution in [3.8, 4) is 0 Å². The van der Waals surface area contributed by atoms with Crippen LogP contribution in [0.5, 0.6) is 0 Å². The number of hydrogen-bond acceptors (Lipinski definition) is 2. The normalized spacial score (nSPS) is 15.5. The van der Waals surface area contributed by atoms with Gasteiger partial charge in [0.2, 0.25) is 11.9 Å². The Kier molecular flexibility index (Phi) is 1.96. The number of halogens is 1. The van der Waals surface area contributed by atoms with Gasteiger partial charge in [-0.15, -0.1) is 0 Å². The van der Waals surface area contributed by atoms with E-state index in [9.17, 15) is 9.18 Å². The van der Waals surface area contributed by atoms with Crippen molar-refractivity contribution in [1.82, 2.24) is 4.98 Å². The van der Waals surface area contributed by atoms with E-state index >= 15 is 0 Å². The quantitative estimate of drug-likeness (QED) is 0.702. The zero-order valence-corrected chi connectivity index (χ0v) is 6.96. The second kappa shape index (κ2) is 3.12. The van der Waals surface area contributed by atoms with Gasteiger partial charge in [0.05, 0.1) is 0 Å². The molecule has 0 bridgehead atoms. The maximum Gasteiger partial charge on any atom is 0.228 e. The van der Waals surface area contributed by atoms with Crippen LogP contribution in [0.2, 0.25) is 0 Å². The lowest BCUT2D eigenvalue weighted by molar-refractivity contribution is -0.117. The van der Waals surface area contributed by atoms with Gasteiger partial charge < -0.3 is 5.32 Å². The van der Waals surface area contributed by atoms with Crippen molar-refractivity contribution in [2.75, 3.05) is 5.32 Å². The maximum absolute atomic E-state index is 12.6. The molecular formula is C9H9FN2O. The molecular weight excluding hydrogens is 171 g/mol. The summed E-state index contributed by atoms with van der Waals surface area (Å²) in [5.41, 5.74) is 0. The Morgan fingerprint density at radius 2 is 2.31 bits per heavy atom. The van der Waals surface area contributed by atoms with Crippen molar-refractivity contribution in [2.24, 2.45) is 5.92 Å². The predicted octanol–water partition coefficient (Wildman–Crippen LogP) is 1.57. The molecule has 0 saturated heterocycles. The molecule has 3 nitrogen and oxygen atoms in total. The molecule has 68 valence electrons. The fraction of sp³-hybridized carbons (Fsp3) is 0.333. The number of rotatable bonds is 2. The van der Waals surface area contributed by atoms with Crippen LogP contribution < -0.4 is 5.32 Å². The van der Waals surface area contributed by atoms with Crippen LogP contribution in [0, 0.1) is 11.9 Å². The molecule has 1 heterocycles. The number of carbonyl (C=O) groups excluding carboxylic acids is 1. The van der Waals surface area contributed by atoms with Gasteiger partial charge in [0.1, 0.15) is 5.82 Å². The summed E-state index contributed by atoms with van der Waals surface area (Å²) >= 11 is 0. The van der Waals surface area contributed by atoms with Gasteiger partial charge in [-0.1, -0.05) is 6.07 Å². The molecule has 1 fully saturated rings. The van der Waals surface area contributed by atoms with E-state index in [1.807, 2.05) is 0 Å². The number of nitrogens with one attached hydrogen (secondary N) is 1. The molecule has 1 aromatic rings. The van der Waals surface area contributed by atoms with Crippen LogP contribution in [0.4, 0.5) is 10.2 Å². The molecule has 0 aromatic carbocycles. The van der Waals surface area contributed by atoms with Crippen molar-refractivity contribution in [3.63, 3.8) is 0 Å². The van der Waals surface area contributed by atoms with Gasteiger partial charge in [-0.05, 0) is 25.0 Å². The molecule has 1 aliphatic carbocycles. The van der Waals surface area contributed by atoms with Crippen molar-refractivity contribution in [1.29, 1.82) is 0 Å². The second-order valence-electron chi connectivity index (χ2n) is 3.11. The maximum atomic E-state index is 12.6. The highest BCUT2D eigenvalue weighted by Gasteiger charge is 2.29. The van der Waals surface area contributed by atoms with E-state index < -0.39 is 5.95 Å². The van der Waals surface area contributed by atoms with Crippen molar-refractivity contribution >= 4 is 11.7 Å². The Labute approximate surface area is 75.0 Å². The summed E-state index contributed by atoms with van der Waals surface area (Å²) < 4.78 is 12.6. The Morgan fingerprint density at radius 3 is 2.92 bits per heavy atom. The summed E-state index contributed by atoms with van der Waals surface area (Å²) in [5.74, 6) is -0.228. The molecule has 0 radical (unpaired) electrons. The number of anilines is 1. The van der Waals surface area contributed by atoms with Crippen LogP contribution in [0.3, 0.4) is 0 Å². The number of hydrogen-bond donors (Lipinski definition) is 1. The van der Waals surface area contributed by atoms with Crippen LogP contribution in [0.25, 0.3) is 0 Å². The van der Waals surface area contributed by atoms with E-state index in [0.29, 0.717) is 0 Å². The number of pyridine rings is 1. The summed E-state index contributed by atoms with van der Waals surface area (Å²) in [5, 5.41) is 2.55. The Hall–Kier alpha value is -1.45. The molecule has 1 N–H and O–H groups in total. The lowest BCUT2D eigenvalue weighted by atomic mass is 10.4. The third kappa shape index (κ3) is 2.02. The van der Waals surface area contributed by atoms with E-state index in [-0.39, 0.29) is 17.6 Å². The molecule has 0 aliphatic heterocycles. The highest BCUT2D eigenvalue weighted by molar-refractivity contribution is 5.93. The first-order chi connectivity index (χ1) is 6.25.